The summed E-state index contributed by atoms with van der Waals surface area (Å²) in [6, 6.07) is 7.40. The molecule has 0 bridgehead atoms. The molecule has 0 saturated carbocycles. The average Bonchev–Trinajstić information content (AvgIpc) is 2.78. The minimum atomic E-state index is -1.47. The van der Waals surface area contributed by atoms with Crippen LogP contribution in [0.15, 0.2) is 29.2 Å². The van der Waals surface area contributed by atoms with E-state index in [9.17, 15) is 4.21 Å². The van der Waals surface area contributed by atoms with Crippen LogP contribution in [-0.4, -0.2) is 90.1 Å². The van der Waals surface area contributed by atoms with Gasteiger partial charge in [0.05, 0.1) is 84.2 Å². The molecular weight excluding hydrogens is 424 g/mol. The third-order valence-electron chi connectivity index (χ3n) is 3.68. The normalized spacial score (nSPS) is 12.0. The molecule has 0 radical (unpaired) electrons. The number of hydrogen-bond donors (Lipinski definition) is 0. The highest BCUT2D eigenvalue weighted by Gasteiger charge is 2.03. The molecule has 0 heterocycles. The number of terminal acetylenes is 1. The molecule has 0 aliphatic rings. The van der Waals surface area contributed by atoms with Gasteiger partial charge in [-0.3, -0.25) is 4.18 Å². The highest BCUT2D eigenvalue weighted by atomic mass is 32.2. The molecule has 9 heteroatoms. The van der Waals surface area contributed by atoms with Crippen LogP contribution in [0.4, 0.5) is 0 Å². The maximum Gasteiger partial charge on any atom is 0.189 e. The summed E-state index contributed by atoms with van der Waals surface area (Å²) >= 11 is -1.47. The second-order valence-electron chi connectivity index (χ2n) is 6.19. The van der Waals surface area contributed by atoms with Crippen molar-refractivity contribution in [1.82, 2.24) is 0 Å². The van der Waals surface area contributed by atoms with E-state index in [0.717, 1.165) is 5.56 Å². The quantitative estimate of drug-likeness (QED) is 0.204. The van der Waals surface area contributed by atoms with Crippen LogP contribution in [0.1, 0.15) is 5.56 Å². The summed E-state index contributed by atoms with van der Waals surface area (Å²) in [7, 11) is 0. The molecule has 0 spiro atoms. The van der Waals surface area contributed by atoms with E-state index in [1.54, 1.807) is 12.1 Å². The highest BCUT2D eigenvalue weighted by molar-refractivity contribution is 7.80. The van der Waals surface area contributed by atoms with E-state index in [2.05, 4.69) is 5.92 Å². The third kappa shape index (κ3) is 16.9. The summed E-state index contributed by atoms with van der Waals surface area (Å²) < 4.78 is 49.1. The Morgan fingerprint density at radius 2 is 1.06 bits per heavy atom. The molecular formula is C22H34O8S. The zero-order chi connectivity index (χ0) is 22.4. The fraction of sp³-hybridized carbons (Fsp3) is 0.636. The van der Waals surface area contributed by atoms with Crippen molar-refractivity contribution in [3.8, 4) is 12.3 Å². The van der Waals surface area contributed by atoms with Gasteiger partial charge in [0.1, 0.15) is 6.61 Å². The van der Waals surface area contributed by atoms with Gasteiger partial charge in [0.25, 0.3) is 0 Å². The molecule has 1 rings (SSSR count). The van der Waals surface area contributed by atoms with Crippen molar-refractivity contribution in [2.45, 2.75) is 11.8 Å². The number of aryl methyl sites for hydroxylation is 1. The van der Waals surface area contributed by atoms with E-state index in [4.69, 9.17) is 39.0 Å². The van der Waals surface area contributed by atoms with Gasteiger partial charge in [0.15, 0.2) is 11.1 Å². The van der Waals surface area contributed by atoms with E-state index in [-0.39, 0.29) is 6.61 Å². The first-order valence-electron chi connectivity index (χ1n) is 10.3. The summed E-state index contributed by atoms with van der Waals surface area (Å²) in [6.45, 7) is 7.79. The largest absolute Gasteiger partial charge is 0.377 e. The number of benzene rings is 1. The predicted molar refractivity (Wildman–Crippen MR) is 117 cm³/mol. The summed E-state index contributed by atoms with van der Waals surface area (Å²) in [5.74, 6) is 2.39. The minimum Gasteiger partial charge on any atom is -0.377 e. The van der Waals surface area contributed by atoms with Crippen molar-refractivity contribution < 1.29 is 36.8 Å². The SMILES string of the molecule is C#CCOCCOCCOCCOCCOCCOCCOS(=O)c1ccc(C)cc1. The Labute approximate surface area is 188 Å². The van der Waals surface area contributed by atoms with E-state index in [0.29, 0.717) is 84.2 Å². The van der Waals surface area contributed by atoms with Crippen molar-refractivity contribution in [3.63, 3.8) is 0 Å². The van der Waals surface area contributed by atoms with Crippen LogP contribution < -0.4 is 0 Å². The third-order valence-corrected chi connectivity index (χ3v) is 4.71. The first kappa shape index (κ1) is 27.7. The van der Waals surface area contributed by atoms with Gasteiger partial charge in [-0.1, -0.05) is 23.6 Å². The van der Waals surface area contributed by atoms with Crippen LogP contribution in [0.25, 0.3) is 0 Å². The van der Waals surface area contributed by atoms with Crippen molar-refractivity contribution >= 4 is 11.1 Å². The van der Waals surface area contributed by atoms with E-state index in [1.807, 2.05) is 19.1 Å². The van der Waals surface area contributed by atoms with Crippen molar-refractivity contribution in [2.24, 2.45) is 0 Å². The van der Waals surface area contributed by atoms with Gasteiger partial charge in [-0.15, -0.1) is 6.42 Å². The standard InChI is InChI=1S/C22H34O8S/c1-3-8-24-9-10-25-11-12-26-13-14-27-15-16-28-17-18-29-19-20-30-31(23)22-6-4-21(2)5-7-22/h1,4-7H,8-20H2,2H3. The molecule has 176 valence electrons. The fourth-order valence-electron chi connectivity index (χ4n) is 2.12. The topological polar surface area (TPSA) is 81.7 Å². The maximum atomic E-state index is 11.9. The Balaban J connectivity index is 1.75. The summed E-state index contributed by atoms with van der Waals surface area (Å²) in [4.78, 5) is 0.648. The van der Waals surface area contributed by atoms with Crippen LogP contribution in [0.3, 0.4) is 0 Å². The Morgan fingerprint density at radius 3 is 1.48 bits per heavy atom. The second-order valence-corrected chi connectivity index (χ2v) is 7.36. The average molecular weight is 459 g/mol. The molecule has 0 aromatic heterocycles. The minimum absolute atomic E-state index is 0.258. The Bertz CT molecular complexity index is 603. The zero-order valence-electron chi connectivity index (χ0n) is 18.3. The van der Waals surface area contributed by atoms with Crippen LogP contribution >= 0.6 is 0 Å². The Morgan fingerprint density at radius 1 is 0.677 bits per heavy atom. The second kappa shape index (κ2) is 20.5. The van der Waals surface area contributed by atoms with Crippen LogP contribution in [0.2, 0.25) is 0 Å². The molecule has 0 fully saturated rings. The molecule has 0 aliphatic carbocycles. The van der Waals surface area contributed by atoms with Crippen molar-refractivity contribution in [2.75, 3.05) is 85.9 Å². The lowest BCUT2D eigenvalue weighted by Crippen LogP contribution is -2.14. The number of hydrogen-bond acceptors (Lipinski definition) is 8. The predicted octanol–water partition coefficient (Wildman–Crippen LogP) is 1.77. The van der Waals surface area contributed by atoms with Crippen LogP contribution in [0.5, 0.6) is 0 Å². The molecule has 1 unspecified atom stereocenters. The molecule has 0 saturated heterocycles. The van der Waals surface area contributed by atoms with Gasteiger partial charge in [-0.2, -0.15) is 0 Å². The summed E-state index contributed by atoms with van der Waals surface area (Å²) in [5.41, 5.74) is 1.11. The maximum absolute atomic E-state index is 11.9. The van der Waals surface area contributed by atoms with Gasteiger partial charge < -0.3 is 28.4 Å². The number of rotatable bonds is 21. The van der Waals surface area contributed by atoms with E-state index in [1.165, 1.54) is 0 Å². The lowest BCUT2D eigenvalue weighted by atomic mass is 10.2. The van der Waals surface area contributed by atoms with Gasteiger partial charge in [-0.05, 0) is 19.1 Å². The Hall–Kier alpha value is -1.35. The van der Waals surface area contributed by atoms with Crippen LogP contribution in [-0.2, 0) is 43.7 Å². The Kier molecular flexibility index (Phi) is 18.3. The van der Waals surface area contributed by atoms with Gasteiger partial charge in [-0.25, -0.2) is 4.21 Å². The van der Waals surface area contributed by atoms with E-state index < -0.39 is 11.1 Å². The summed E-state index contributed by atoms with van der Waals surface area (Å²) in [5, 5.41) is 0. The molecule has 0 aliphatic heterocycles. The fourth-order valence-corrected chi connectivity index (χ4v) is 2.83. The molecule has 0 N–H and O–H groups in total. The van der Waals surface area contributed by atoms with Gasteiger partial charge in [0, 0.05) is 0 Å². The lowest BCUT2D eigenvalue weighted by Gasteiger charge is -2.08. The zero-order valence-corrected chi connectivity index (χ0v) is 19.1. The van der Waals surface area contributed by atoms with Gasteiger partial charge in [0.2, 0.25) is 0 Å². The highest BCUT2D eigenvalue weighted by Crippen LogP contribution is 2.09. The molecule has 0 amide bonds. The molecule has 8 nitrogen and oxygen atoms in total. The van der Waals surface area contributed by atoms with E-state index >= 15 is 0 Å². The van der Waals surface area contributed by atoms with Crippen LogP contribution in [0, 0.1) is 19.3 Å². The van der Waals surface area contributed by atoms with Crippen molar-refractivity contribution in [3.05, 3.63) is 29.8 Å². The molecule has 1 atom stereocenters. The molecule has 1 aromatic rings. The lowest BCUT2D eigenvalue weighted by molar-refractivity contribution is -0.0165. The summed E-state index contributed by atoms with van der Waals surface area (Å²) in [6.07, 6.45) is 5.06. The van der Waals surface area contributed by atoms with Crippen molar-refractivity contribution in [1.29, 1.82) is 0 Å². The first-order valence-corrected chi connectivity index (χ1v) is 11.3. The first-order chi connectivity index (χ1) is 15.2. The van der Waals surface area contributed by atoms with Gasteiger partial charge >= 0.3 is 0 Å². The molecule has 31 heavy (non-hydrogen) atoms. The monoisotopic (exact) mass is 458 g/mol. The molecule has 1 aromatic carbocycles. The smallest absolute Gasteiger partial charge is 0.189 e. The number of ether oxygens (including phenoxy) is 6.